The number of methoxy groups -OCH3 is 2. The number of nitrogens with one attached hydrogen (secondary N) is 1. The van der Waals surface area contributed by atoms with Crippen molar-refractivity contribution in [2.24, 2.45) is 0 Å². The van der Waals surface area contributed by atoms with Crippen LogP contribution in [0.3, 0.4) is 0 Å². The number of halogens is 1. The van der Waals surface area contributed by atoms with Gasteiger partial charge in [0.05, 0.1) is 18.0 Å². The second kappa shape index (κ2) is 7.55. The average Bonchev–Trinajstić information content (AvgIpc) is 3.40. The lowest BCUT2D eigenvalue weighted by molar-refractivity contribution is -0.116. The molecule has 5 rings (SSSR count). The summed E-state index contributed by atoms with van der Waals surface area (Å²) in [4.78, 5) is 18.8. The smallest absolute Gasteiger partial charge is 0.226 e. The van der Waals surface area contributed by atoms with E-state index in [1.54, 1.807) is 30.2 Å². The number of hydrogen-bond donors (Lipinski definition) is 1. The molecule has 2 aliphatic rings. The third-order valence-electron chi connectivity index (χ3n) is 5.60. The predicted octanol–water partition coefficient (Wildman–Crippen LogP) is 4.54. The van der Waals surface area contributed by atoms with Gasteiger partial charge in [0.2, 0.25) is 5.95 Å². The molecule has 1 N–H and O–H groups in total. The Balaban J connectivity index is 1.55. The van der Waals surface area contributed by atoms with Crippen LogP contribution in [0.25, 0.3) is 0 Å². The van der Waals surface area contributed by atoms with Gasteiger partial charge in [-0.1, -0.05) is 6.07 Å². The van der Waals surface area contributed by atoms with Crippen LogP contribution in [0, 0.1) is 0 Å². The highest BCUT2D eigenvalue weighted by Crippen LogP contribution is 2.46. The molecular weight excluding hydrogens is 468 g/mol. The maximum Gasteiger partial charge on any atom is 0.226 e. The van der Waals surface area contributed by atoms with Gasteiger partial charge in [-0.05, 0) is 58.1 Å². The molecule has 0 bridgehead atoms. The van der Waals surface area contributed by atoms with Crippen molar-refractivity contribution in [1.82, 2.24) is 14.8 Å². The molecule has 0 fully saturated rings. The normalized spacial score (nSPS) is 20.4. The van der Waals surface area contributed by atoms with Gasteiger partial charge >= 0.3 is 0 Å². The van der Waals surface area contributed by atoms with Crippen LogP contribution in [0.4, 0.5) is 5.95 Å². The molecule has 30 heavy (non-hydrogen) atoms. The Bertz CT molecular complexity index is 1170. The number of thiophene rings is 1. The van der Waals surface area contributed by atoms with Gasteiger partial charge in [0.25, 0.3) is 0 Å². The molecule has 154 valence electrons. The van der Waals surface area contributed by atoms with Gasteiger partial charge in [-0.3, -0.25) is 4.79 Å². The van der Waals surface area contributed by atoms with E-state index < -0.39 is 0 Å². The number of ketones is 1. The molecule has 0 radical (unpaired) electrons. The molecule has 2 unspecified atom stereocenters. The first-order valence-corrected chi connectivity index (χ1v) is 11.1. The summed E-state index contributed by atoms with van der Waals surface area (Å²) >= 11 is 5.14. The Kier molecular flexibility index (Phi) is 4.86. The second-order valence-electron chi connectivity index (χ2n) is 7.23. The van der Waals surface area contributed by atoms with Crippen LogP contribution >= 0.6 is 27.3 Å². The van der Waals surface area contributed by atoms with Crippen molar-refractivity contribution in [3.8, 4) is 11.5 Å². The maximum absolute atomic E-state index is 13.4. The highest BCUT2D eigenvalue weighted by molar-refractivity contribution is 9.11. The van der Waals surface area contributed by atoms with Gasteiger partial charge in [0.15, 0.2) is 17.3 Å². The number of ether oxygens (including phenoxy) is 2. The Hall–Kier alpha value is -2.65. The Morgan fingerprint density at radius 1 is 1.17 bits per heavy atom. The molecule has 7 nitrogen and oxygen atoms in total. The second-order valence-corrected chi connectivity index (χ2v) is 9.73. The molecule has 2 atom stereocenters. The lowest BCUT2D eigenvalue weighted by Gasteiger charge is -2.34. The summed E-state index contributed by atoms with van der Waals surface area (Å²) in [5, 5.41) is 7.74. The third kappa shape index (κ3) is 3.13. The van der Waals surface area contributed by atoms with Gasteiger partial charge in [0.1, 0.15) is 12.4 Å². The standard InChI is InChI=1S/C21H19BrN4O3S/c1-28-15-4-3-11(9-16(15)29-2)12-7-13-19(14(27)8-12)20(17-5-6-18(22)30-17)26-21(25-13)23-10-24-26/h3-6,9-10,12,20H,7-8H2,1-2H3,(H,23,24,25). The quantitative estimate of drug-likeness (QED) is 0.583. The van der Waals surface area contributed by atoms with Gasteiger partial charge in [-0.25, -0.2) is 4.68 Å². The fourth-order valence-electron chi connectivity index (χ4n) is 4.23. The average molecular weight is 487 g/mol. The predicted molar refractivity (Wildman–Crippen MR) is 117 cm³/mol. The number of nitrogens with zero attached hydrogens (tertiary/aromatic N) is 3. The third-order valence-corrected chi connectivity index (χ3v) is 7.28. The first kappa shape index (κ1) is 19.3. The van der Waals surface area contributed by atoms with E-state index in [9.17, 15) is 4.79 Å². The van der Waals surface area contributed by atoms with E-state index in [-0.39, 0.29) is 17.7 Å². The van der Waals surface area contributed by atoms with E-state index in [0.717, 1.165) is 25.5 Å². The lowest BCUT2D eigenvalue weighted by Crippen LogP contribution is -2.33. The first-order chi connectivity index (χ1) is 14.6. The van der Waals surface area contributed by atoms with E-state index in [2.05, 4.69) is 31.3 Å². The van der Waals surface area contributed by atoms with E-state index in [4.69, 9.17) is 9.47 Å². The fourth-order valence-corrected chi connectivity index (χ4v) is 5.75. The summed E-state index contributed by atoms with van der Waals surface area (Å²) in [5.74, 6) is 2.17. The van der Waals surface area contributed by atoms with E-state index in [1.165, 1.54) is 6.33 Å². The van der Waals surface area contributed by atoms with E-state index in [1.807, 2.05) is 30.3 Å². The van der Waals surface area contributed by atoms with Gasteiger partial charge in [0, 0.05) is 22.6 Å². The van der Waals surface area contributed by atoms with Crippen LogP contribution < -0.4 is 14.8 Å². The Morgan fingerprint density at radius 3 is 2.73 bits per heavy atom. The molecule has 9 heteroatoms. The highest BCUT2D eigenvalue weighted by Gasteiger charge is 2.39. The van der Waals surface area contributed by atoms with Gasteiger partial charge in [-0.2, -0.15) is 10.1 Å². The summed E-state index contributed by atoms with van der Waals surface area (Å²) in [6.45, 7) is 0. The molecule has 0 saturated heterocycles. The number of allylic oxidation sites excluding steroid dienone is 2. The van der Waals surface area contributed by atoms with Crippen molar-refractivity contribution in [3.63, 3.8) is 0 Å². The van der Waals surface area contributed by atoms with Crippen LogP contribution in [0.2, 0.25) is 0 Å². The zero-order valence-electron chi connectivity index (χ0n) is 16.4. The molecule has 3 aromatic rings. The summed E-state index contributed by atoms with van der Waals surface area (Å²) in [7, 11) is 3.23. The SMILES string of the molecule is COc1ccc(C2CC(=O)C3=C(C2)Nc2ncnn2C3c2ccc(Br)s2)cc1OC. The van der Waals surface area contributed by atoms with Crippen LogP contribution in [-0.2, 0) is 4.79 Å². The number of benzene rings is 1. The molecule has 3 heterocycles. The molecule has 0 saturated carbocycles. The number of Topliss-reactive ketones (excluding diaryl/α,β-unsaturated/α-hetero) is 1. The zero-order chi connectivity index (χ0) is 20.8. The van der Waals surface area contributed by atoms with Gasteiger partial charge < -0.3 is 14.8 Å². The summed E-state index contributed by atoms with van der Waals surface area (Å²) in [5.41, 5.74) is 2.75. The molecule has 0 amide bonds. The number of carbonyl (C=O) groups excluding carboxylic acids is 1. The molecule has 0 spiro atoms. The summed E-state index contributed by atoms with van der Waals surface area (Å²) in [6.07, 6.45) is 2.67. The number of hydrogen-bond acceptors (Lipinski definition) is 7. The zero-order valence-corrected chi connectivity index (χ0v) is 18.8. The number of carbonyl (C=O) groups is 1. The van der Waals surface area contributed by atoms with Crippen LogP contribution in [0.15, 0.2) is 51.7 Å². The van der Waals surface area contributed by atoms with Crippen LogP contribution in [-0.4, -0.2) is 34.8 Å². The number of fused-ring (bicyclic) bond motifs is 1. The van der Waals surface area contributed by atoms with Crippen molar-refractivity contribution in [1.29, 1.82) is 0 Å². The van der Waals surface area contributed by atoms with Crippen molar-refractivity contribution >= 4 is 39.0 Å². The molecule has 1 aromatic carbocycles. The van der Waals surface area contributed by atoms with Gasteiger partial charge in [-0.15, -0.1) is 11.3 Å². The molecule has 2 aromatic heterocycles. The van der Waals surface area contributed by atoms with Crippen molar-refractivity contribution < 1.29 is 14.3 Å². The molecule has 1 aliphatic heterocycles. The number of anilines is 1. The summed E-state index contributed by atoms with van der Waals surface area (Å²) in [6, 6.07) is 9.63. The monoisotopic (exact) mass is 486 g/mol. The molecule has 1 aliphatic carbocycles. The summed E-state index contributed by atoms with van der Waals surface area (Å²) < 4.78 is 13.6. The van der Waals surface area contributed by atoms with Crippen LogP contribution in [0.1, 0.15) is 35.2 Å². The van der Waals surface area contributed by atoms with Crippen molar-refractivity contribution in [2.45, 2.75) is 24.8 Å². The minimum atomic E-state index is -0.256. The minimum Gasteiger partial charge on any atom is -0.493 e. The van der Waals surface area contributed by atoms with Crippen molar-refractivity contribution in [3.05, 3.63) is 62.2 Å². The topological polar surface area (TPSA) is 78.3 Å². The highest BCUT2D eigenvalue weighted by atomic mass is 79.9. The largest absolute Gasteiger partial charge is 0.493 e. The minimum absolute atomic E-state index is 0.0498. The Morgan fingerprint density at radius 2 is 2.00 bits per heavy atom. The molecular formula is C21H19BrN4O3S. The lowest BCUT2D eigenvalue weighted by atomic mass is 9.79. The number of aromatic nitrogens is 3. The van der Waals surface area contributed by atoms with Crippen LogP contribution in [0.5, 0.6) is 11.5 Å². The van der Waals surface area contributed by atoms with E-state index >= 15 is 0 Å². The van der Waals surface area contributed by atoms with E-state index in [0.29, 0.717) is 30.3 Å². The van der Waals surface area contributed by atoms with Crippen molar-refractivity contribution in [2.75, 3.05) is 19.5 Å². The first-order valence-electron chi connectivity index (χ1n) is 9.49. The number of rotatable bonds is 4. The Labute approximate surface area is 185 Å². The fraction of sp³-hybridized carbons (Fsp3) is 0.286. The maximum atomic E-state index is 13.4.